The Labute approximate surface area is 147 Å². The lowest BCUT2D eigenvalue weighted by Gasteiger charge is -2.26. The summed E-state index contributed by atoms with van der Waals surface area (Å²) in [5, 5.41) is 0.813. The molecule has 5 heteroatoms. The highest BCUT2D eigenvalue weighted by atomic mass is 35.5. The number of H-pyrrole nitrogens is 1. The highest BCUT2D eigenvalue weighted by Gasteiger charge is 2.16. The number of hydrogen-bond donors (Lipinski definition) is 1. The van der Waals surface area contributed by atoms with Crippen molar-refractivity contribution in [1.82, 2.24) is 14.8 Å². The fourth-order valence-corrected chi connectivity index (χ4v) is 3.22. The van der Waals surface area contributed by atoms with Crippen LogP contribution in [0.3, 0.4) is 0 Å². The number of aromatic amines is 1. The molecule has 4 nitrogen and oxygen atoms in total. The number of amides is 1. The zero-order valence-corrected chi connectivity index (χ0v) is 14.8. The van der Waals surface area contributed by atoms with Crippen LogP contribution >= 0.6 is 11.6 Å². The van der Waals surface area contributed by atoms with Crippen LogP contribution in [0.1, 0.15) is 28.2 Å². The second-order valence-corrected chi connectivity index (χ2v) is 6.70. The Balaban J connectivity index is 1.63. The van der Waals surface area contributed by atoms with Crippen molar-refractivity contribution in [2.75, 3.05) is 27.2 Å². The largest absolute Gasteiger partial charge is 0.353 e. The van der Waals surface area contributed by atoms with Gasteiger partial charge < -0.3 is 9.88 Å². The summed E-state index contributed by atoms with van der Waals surface area (Å²) in [5.74, 6) is 0.000737. The van der Waals surface area contributed by atoms with Crippen LogP contribution in [0.2, 0.25) is 5.02 Å². The fraction of sp³-hybridized carbons (Fsp3) is 0.316. The summed E-state index contributed by atoms with van der Waals surface area (Å²) in [5.41, 5.74) is 4.15. The Morgan fingerprint density at radius 2 is 2.04 bits per heavy atom. The summed E-state index contributed by atoms with van der Waals surface area (Å²) >= 11 is 6.29. The molecule has 1 N–H and O–H groups in total. The summed E-state index contributed by atoms with van der Waals surface area (Å²) in [4.78, 5) is 19.1. The molecule has 0 bridgehead atoms. The first-order valence-electron chi connectivity index (χ1n) is 8.10. The Hall–Kier alpha value is -2.04. The van der Waals surface area contributed by atoms with Crippen molar-refractivity contribution in [2.45, 2.75) is 13.0 Å². The van der Waals surface area contributed by atoms with Crippen molar-refractivity contribution in [3.63, 3.8) is 0 Å². The number of carbonyl (C=O) groups excluding carboxylic acids is 1. The molecular formula is C19H22ClN3O. The second-order valence-electron chi connectivity index (χ2n) is 6.29. The van der Waals surface area contributed by atoms with Crippen LogP contribution in [0.4, 0.5) is 0 Å². The van der Waals surface area contributed by atoms with Gasteiger partial charge in [0, 0.05) is 44.4 Å². The van der Waals surface area contributed by atoms with Gasteiger partial charge in [-0.1, -0.05) is 35.9 Å². The van der Waals surface area contributed by atoms with Gasteiger partial charge >= 0.3 is 0 Å². The van der Waals surface area contributed by atoms with E-state index in [4.69, 9.17) is 11.6 Å². The standard InChI is InChI=1S/C19H22ClN3O/c1-22(2)19(24)18-8-7-15(21-18)13-23-11-9-14(10-12-23)16-5-3-4-6-17(16)20/h3-9,21H,10-13H2,1-2H3. The molecule has 0 spiro atoms. The lowest BCUT2D eigenvalue weighted by atomic mass is 9.99. The third-order valence-corrected chi connectivity index (χ3v) is 4.62. The quantitative estimate of drug-likeness (QED) is 0.920. The lowest BCUT2D eigenvalue weighted by molar-refractivity contribution is 0.0822. The zero-order chi connectivity index (χ0) is 17.1. The summed E-state index contributed by atoms with van der Waals surface area (Å²) in [6, 6.07) is 11.8. The van der Waals surface area contributed by atoms with E-state index in [-0.39, 0.29) is 5.91 Å². The topological polar surface area (TPSA) is 39.3 Å². The molecule has 0 atom stereocenters. The smallest absolute Gasteiger partial charge is 0.269 e. The first-order chi connectivity index (χ1) is 11.5. The van der Waals surface area contributed by atoms with E-state index in [2.05, 4.69) is 22.0 Å². The Kier molecular flexibility index (Phi) is 5.07. The van der Waals surface area contributed by atoms with E-state index in [0.717, 1.165) is 42.3 Å². The molecule has 0 radical (unpaired) electrons. The van der Waals surface area contributed by atoms with Crippen LogP contribution < -0.4 is 0 Å². The SMILES string of the molecule is CN(C)C(=O)c1ccc(CN2CC=C(c3ccccc3Cl)CC2)[nH]1. The third kappa shape index (κ3) is 3.71. The van der Waals surface area contributed by atoms with Crippen LogP contribution in [-0.4, -0.2) is 47.9 Å². The first-order valence-corrected chi connectivity index (χ1v) is 8.48. The molecule has 1 aromatic carbocycles. The highest BCUT2D eigenvalue weighted by Crippen LogP contribution is 2.28. The number of carbonyl (C=O) groups is 1. The van der Waals surface area contributed by atoms with Gasteiger partial charge in [0.05, 0.1) is 0 Å². The number of aromatic nitrogens is 1. The van der Waals surface area contributed by atoms with E-state index in [1.165, 1.54) is 5.57 Å². The van der Waals surface area contributed by atoms with Crippen LogP contribution in [0, 0.1) is 0 Å². The minimum absolute atomic E-state index is 0.000737. The van der Waals surface area contributed by atoms with E-state index in [9.17, 15) is 4.79 Å². The zero-order valence-electron chi connectivity index (χ0n) is 14.1. The van der Waals surface area contributed by atoms with E-state index in [1.807, 2.05) is 30.3 Å². The molecule has 2 aromatic rings. The molecule has 126 valence electrons. The molecule has 0 saturated carbocycles. The normalized spacial score (nSPS) is 15.2. The Bertz CT molecular complexity index is 763. The average molecular weight is 344 g/mol. The van der Waals surface area contributed by atoms with Crippen molar-refractivity contribution >= 4 is 23.1 Å². The van der Waals surface area contributed by atoms with Gasteiger partial charge in [0.15, 0.2) is 0 Å². The van der Waals surface area contributed by atoms with E-state index < -0.39 is 0 Å². The number of benzene rings is 1. The van der Waals surface area contributed by atoms with Crippen LogP contribution in [0.15, 0.2) is 42.5 Å². The van der Waals surface area contributed by atoms with Crippen LogP contribution in [0.25, 0.3) is 5.57 Å². The minimum Gasteiger partial charge on any atom is -0.353 e. The molecule has 1 aliphatic rings. The number of rotatable bonds is 4. The minimum atomic E-state index is 0.000737. The van der Waals surface area contributed by atoms with Gasteiger partial charge in [0.1, 0.15) is 5.69 Å². The molecule has 2 heterocycles. The number of nitrogens with zero attached hydrogens (tertiary/aromatic N) is 2. The van der Waals surface area contributed by atoms with Gasteiger partial charge in [0.2, 0.25) is 0 Å². The average Bonchev–Trinajstić information content (AvgIpc) is 3.04. The van der Waals surface area contributed by atoms with Gasteiger partial charge in [-0.25, -0.2) is 0 Å². The Morgan fingerprint density at radius 3 is 2.71 bits per heavy atom. The second kappa shape index (κ2) is 7.24. The van der Waals surface area contributed by atoms with Gasteiger partial charge in [-0.05, 0) is 35.8 Å². The number of halogens is 1. The van der Waals surface area contributed by atoms with Gasteiger partial charge in [0.25, 0.3) is 5.91 Å². The lowest BCUT2D eigenvalue weighted by Crippen LogP contribution is -2.28. The van der Waals surface area contributed by atoms with Crippen molar-refractivity contribution < 1.29 is 4.79 Å². The molecule has 0 saturated heterocycles. The van der Waals surface area contributed by atoms with Crippen molar-refractivity contribution in [3.8, 4) is 0 Å². The van der Waals surface area contributed by atoms with Gasteiger partial charge in [-0.15, -0.1) is 0 Å². The summed E-state index contributed by atoms with van der Waals surface area (Å²) in [7, 11) is 3.52. The predicted octanol–water partition coefficient (Wildman–Crippen LogP) is 3.66. The molecule has 1 amide bonds. The van der Waals surface area contributed by atoms with Gasteiger partial charge in [-0.3, -0.25) is 9.69 Å². The Morgan fingerprint density at radius 1 is 1.25 bits per heavy atom. The van der Waals surface area contributed by atoms with E-state index in [0.29, 0.717) is 5.69 Å². The summed E-state index contributed by atoms with van der Waals surface area (Å²) in [6.07, 6.45) is 3.23. The third-order valence-electron chi connectivity index (χ3n) is 4.29. The number of hydrogen-bond acceptors (Lipinski definition) is 2. The molecule has 3 rings (SSSR count). The summed E-state index contributed by atoms with van der Waals surface area (Å²) < 4.78 is 0. The maximum atomic E-state index is 11.9. The fourth-order valence-electron chi connectivity index (χ4n) is 2.96. The van der Waals surface area contributed by atoms with Crippen molar-refractivity contribution in [3.05, 3.63) is 64.4 Å². The molecule has 0 unspecified atom stereocenters. The first kappa shape index (κ1) is 16.8. The molecule has 0 fully saturated rings. The molecule has 1 aromatic heterocycles. The monoisotopic (exact) mass is 343 g/mol. The highest BCUT2D eigenvalue weighted by molar-refractivity contribution is 6.32. The summed E-state index contributed by atoms with van der Waals surface area (Å²) in [6.45, 7) is 2.68. The van der Waals surface area contributed by atoms with Gasteiger partial charge in [-0.2, -0.15) is 0 Å². The van der Waals surface area contributed by atoms with Crippen LogP contribution in [-0.2, 0) is 6.54 Å². The maximum absolute atomic E-state index is 11.9. The molecule has 0 aliphatic carbocycles. The van der Waals surface area contributed by atoms with Crippen molar-refractivity contribution in [2.24, 2.45) is 0 Å². The van der Waals surface area contributed by atoms with E-state index in [1.54, 1.807) is 19.0 Å². The molecule has 24 heavy (non-hydrogen) atoms. The number of nitrogens with one attached hydrogen (secondary N) is 1. The van der Waals surface area contributed by atoms with Crippen LogP contribution in [0.5, 0.6) is 0 Å². The molecular weight excluding hydrogens is 322 g/mol. The predicted molar refractivity (Wildman–Crippen MR) is 98.1 cm³/mol. The maximum Gasteiger partial charge on any atom is 0.269 e. The van der Waals surface area contributed by atoms with E-state index >= 15 is 0 Å². The van der Waals surface area contributed by atoms with Crippen molar-refractivity contribution in [1.29, 1.82) is 0 Å². The molecule has 1 aliphatic heterocycles.